The molecule has 2 aromatic heterocycles. The summed E-state index contributed by atoms with van der Waals surface area (Å²) >= 11 is 0. The predicted octanol–water partition coefficient (Wildman–Crippen LogP) is 4.30. The number of carbonyl (C=O) groups is 1. The van der Waals surface area contributed by atoms with Crippen LogP contribution < -0.4 is 0 Å². The molecule has 1 aliphatic rings. The zero-order valence-corrected chi connectivity index (χ0v) is 17.0. The summed E-state index contributed by atoms with van der Waals surface area (Å²) in [4.78, 5) is 23.3. The third-order valence-electron chi connectivity index (χ3n) is 5.65. The number of benzene rings is 2. The summed E-state index contributed by atoms with van der Waals surface area (Å²) in [7, 11) is 0. The highest BCUT2D eigenvalue weighted by Gasteiger charge is 2.17. The third kappa shape index (κ3) is 4.05. The maximum absolute atomic E-state index is 13.5. The number of amides is 1. The van der Waals surface area contributed by atoms with Crippen LogP contribution in [0, 0.1) is 5.82 Å². The topological polar surface area (TPSA) is 77.0 Å². The van der Waals surface area contributed by atoms with Gasteiger partial charge < -0.3 is 14.0 Å². The minimum absolute atomic E-state index is 0.204. The molecule has 0 unspecified atom stereocenters. The van der Waals surface area contributed by atoms with Crippen LogP contribution in [0.1, 0.15) is 25.7 Å². The van der Waals surface area contributed by atoms with Crippen LogP contribution in [0.25, 0.3) is 33.9 Å². The van der Waals surface area contributed by atoms with E-state index in [0.29, 0.717) is 24.4 Å². The van der Waals surface area contributed by atoms with Crippen LogP contribution >= 0.6 is 0 Å². The molecule has 1 aliphatic heterocycles. The molecule has 2 aromatic carbocycles. The average molecular weight is 419 g/mol. The van der Waals surface area contributed by atoms with Gasteiger partial charge in [0.2, 0.25) is 11.7 Å². The van der Waals surface area contributed by atoms with Crippen LogP contribution in [0.2, 0.25) is 0 Å². The van der Waals surface area contributed by atoms with Crippen LogP contribution in [-0.2, 0) is 11.3 Å². The minimum atomic E-state index is -0.358. The Balaban J connectivity index is 1.32. The van der Waals surface area contributed by atoms with Crippen molar-refractivity contribution in [1.29, 1.82) is 0 Å². The normalized spacial score (nSPS) is 14.3. The van der Waals surface area contributed by atoms with Crippen molar-refractivity contribution in [2.75, 3.05) is 13.1 Å². The predicted molar refractivity (Wildman–Crippen MR) is 113 cm³/mol. The Morgan fingerprint density at radius 1 is 1.06 bits per heavy atom. The lowest BCUT2D eigenvalue weighted by molar-refractivity contribution is -0.132. The number of aromatic nitrogens is 4. The quantitative estimate of drug-likeness (QED) is 0.482. The van der Waals surface area contributed by atoms with Gasteiger partial charge in [0, 0.05) is 37.2 Å². The van der Waals surface area contributed by atoms with Crippen molar-refractivity contribution >= 4 is 16.9 Å². The molecule has 1 fully saturated rings. The van der Waals surface area contributed by atoms with Crippen LogP contribution in [0.15, 0.2) is 53.3 Å². The summed E-state index contributed by atoms with van der Waals surface area (Å²) in [5, 5.41) is 4.02. The summed E-state index contributed by atoms with van der Waals surface area (Å²) < 4.78 is 20.8. The molecule has 0 bridgehead atoms. The molecule has 1 saturated heterocycles. The summed E-state index contributed by atoms with van der Waals surface area (Å²) in [6.45, 7) is 2.33. The van der Waals surface area contributed by atoms with E-state index in [4.69, 9.17) is 4.52 Å². The van der Waals surface area contributed by atoms with Crippen LogP contribution in [-0.4, -0.2) is 43.6 Å². The van der Waals surface area contributed by atoms with Gasteiger partial charge in [-0.2, -0.15) is 4.98 Å². The maximum Gasteiger partial charge on any atom is 0.258 e. The second kappa shape index (κ2) is 8.29. The first-order chi connectivity index (χ1) is 15.2. The lowest BCUT2D eigenvalue weighted by Gasteiger charge is -2.26. The molecule has 1 amide bonds. The maximum atomic E-state index is 13.5. The van der Waals surface area contributed by atoms with Gasteiger partial charge in [0.1, 0.15) is 5.82 Å². The Morgan fingerprint density at radius 2 is 1.94 bits per heavy atom. The van der Waals surface area contributed by atoms with Crippen LogP contribution in [0.3, 0.4) is 0 Å². The first-order valence-electron chi connectivity index (χ1n) is 10.5. The van der Waals surface area contributed by atoms with Gasteiger partial charge in [-0.25, -0.2) is 9.37 Å². The fraction of sp³-hybridized carbons (Fsp3) is 0.304. The fourth-order valence-corrected chi connectivity index (χ4v) is 3.98. The first kappa shape index (κ1) is 19.4. The Kier molecular flexibility index (Phi) is 5.19. The number of rotatable bonds is 5. The molecule has 4 aromatic rings. The molecule has 0 aliphatic carbocycles. The number of imidazole rings is 1. The monoisotopic (exact) mass is 419 g/mol. The lowest BCUT2D eigenvalue weighted by atomic mass is 10.1. The number of hydrogen-bond acceptors (Lipinski definition) is 5. The molecule has 31 heavy (non-hydrogen) atoms. The Labute approximate surface area is 178 Å². The third-order valence-corrected chi connectivity index (χ3v) is 5.65. The molecule has 0 spiro atoms. The number of piperidine rings is 1. The van der Waals surface area contributed by atoms with Crippen molar-refractivity contribution in [3.63, 3.8) is 0 Å². The summed E-state index contributed by atoms with van der Waals surface area (Å²) in [5.74, 6) is 0.519. The van der Waals surface area contributed by atoms with Gasteiger partial charge in [0.25, 0.3) is 5.89 Å². The number of nitrogens with zero attached hydrogens (tertiary/aromatic N) is 5. The van der Waals surface area contributed by atoms with E-state index in [-0.39, 0.29) is 17.6 Å². The molecular weight excluding hydrogens is 397 g/mol. The second-order valence-corrected chi connectivity index (χ2v) is 7.77. The largest absolute Gasteiger partial charge is 0.343 e. The van der Waals surface area contributed by atoms with E-state index in [2.05, 4.69) is 15.1 Å². The van der Waals surface area contributed by atoms with E-state index in [1.54, 1.807) is 18.5 Å². The number of fused-ring (bicyclic) bond motifs is 1. The summed E-state index contributed by atoms with van der Waals surface area (Å²) in [6, 6.07) is 11.8. The van der Waals surface area contributed by atoms with Crippen molar-refractivity contribution in [2.45, 2.75) is 32.2 Å². The van der Waals surface area contributed by atoms with Gasteiger partial charge in [0.05, 0.1) is 17.4 Å². The van der Waals surface area contributed by atoms with Gasteiger partial charge in [-0.05, 0) is 55.7 Å². The van der Waals surface area contributed by atoms with Gasteiger partial charge in [-0.15, -0.1) is 0 Å². The van der Waals surface area contributed by atoms with E-state index in [1.165, 1.54) is 18.6 Å². The van der Waals surface area contributed by atoms with Gasteiger partial charge in [-0.1, -0.05) is 11.2 Å². The molecule has 158 valence electrons. The highest BCUT2D eigenvalue weighted by molar-refractivity contribution is 5.81. The van der Waals surface area contributed by atoms with E-state index in [0.717, 1.165) is 42.5 Å². The Bertz CT molecular complexity index is 1230. The van der Waals surface area contributed by atoms with Gasteiger partial charge in [0.15, 0.2) is 0 Å². The second-order valence-electron chi connectivity index (χ2n) is 7.77. The molecule has 7 nitrogen and oxygen atoms in total. The summed E-state index contributed by atoms with van der Waals surface area (Å²) in [6.07, 6.45) is 5.63. The SMILES string of the molecule is O=C(CCn1cnc2cc(-c3noc(-c4cccc(F)c4)n3)ccc21)N1CCCCC1. The summed E-state index contributed by atoms with van der Waals surface area (Å²) in [5.41, 5.74) is 3.03. The molecule has 0 N–H and O–H groups in total. The zero-order chi connectivity index (χ0) is 21.2. The molecule has 0 saturated carbocycles. The van der Waals surface area contributed by atoms with Gasteiger partial charge in [-0.3, -0.25) is 4.79 Å². The van der Waals surface area contributed by atoms with Crippen LogP contribution in [0.4, 0.5) is 4.39 Å². The minimum Gasteiger partial charge on any atom is -0.343 e. The Hall–Kier alpha value is -3.55. The average Bonchev–Trinajstić information content (AvgIpc) is 3.45. The number of likely N-dealkylation sites (tertiary alicyclic amines) is 1. The molecule has 3 heterocycles. The lowest BCUT2D eigenvalue weighted by Crippen LogP contribution is -2.35. The van der Waals surface area contributed by atoms with Crippen molar-refractivity contribution in [2.24, 2.45) is 0 Å². The van der Waals surface area contributed by atoms with Crippen molar-refractivity contribution in [3.05, 3.63) is 54.6 Å². The molecule has 0 atom stereocenters. The highest BCUT2D eigenvalue weighted by atomic mass is 19.1. The number of hydrogen-bond donors (Lipinski definition) is 0. The fourth-order valence-electron chi connectivity index (χ4n) is 3.98. The zero-order valence-electron chi connectivity index (χ0n) is 17.0. The smallest absolute Gasteiger partial charge is 0.258 e. The van der Waals surface area contributed by atoms with E-state index in [1.807, 2.05) is 27.7 Å². The first-order valence-corrected chi connectivity index (χ1v) is 10.5. The highest BCUT2D eigenvalue weighted by Crippen LogP contribution is 2.25. The van der Waals surface area contributed by atoms with Crippen molar-refractivity contribution in [1.82, 2.24) is 24.6 Å². The van der Waals surface area contributed by atoms with Crippen molar-refractivity contribution in [3.8, 4) is 22.8 Å². The Morgan fingerprint density at radius 3 is 2.77 bits per heavy atom. The van der Waals surface area contributed by atoms with Gasteiger partial charge >= 0.3 is 0 Å². The van der Waals surface area contributed by atoms with E-state index < -0.39 is 0 Å². The molecular formula is C23H22FN5O2. The van der Waals surface area contributed by atoms with E-state index >= 15 is 0 Å². The molecule has 5 rings (SSSR count). The molecule has 0 radical (unpaired) electrons. The van der Waals surface area contributed by atoms with Crippen molar-refractivity contribution < 1.29 is 13.7 Å². The number of carbonyl (C=O) groups excluding carboxylic acids is 1. The number of halogens is 1. The standard InChI is InChI=1S/C23H22FN5O2/c24-18-6-4-5-17(13-18)23-26-22(27-31-23)16-7-8-20-19(14-16)25-15-29(20)12-9-21(30)28-10-2-1-3-11-28/h4-8,13-15H,1-3,9-12H2. The van der Waals surface area contributed by atoms with E-state index in [9.17, 15) is 9.18 Å². The number of aryl methyl sites for hydroxylation is 1. The molecule has 8 heteroatoms. The van der Waals surface area contributed by atoms with Crippen LogP contribution in [0.5, 0.6) is 0 Å².